The summed E-state index contributed by atoms with van der Waals surface area (Å²) in [6.45, 7) is 5.18. The molecule has 0 aliphatic heterocycles. The van der Waals surface area contributed by atoms with Gasteiger partial charge in [0.2, 0.25) is 0 Å². The van der Waals surface area contributed by atoms with Crippen LogP contribution in [0.3, 0.4) is 0 Å². The number of benzene rings is 1. The molecule has 1 aromatic rings. The molecule has 4 nitrogen and oxygen atoms in total. The molecular formula is C14H17ClFNO3. The zero-order valence-electron chi connectivity index (χ0n) is 11.6. The van der Waals surface area contributed by atoms with Crippen LogP contribution < -0.4 is 5.32 Å². The van der Waals surface area contributed by atoms with E-state index in [-0.39, 0.29) is 16.1 Å². The van der Waals surface area contributed by atoms with Crippen LogP contribution in [0.25, 0.3) is 0 Å². The summed E-state index contributed by atoms with van der Waals surface area (Å²) < 4.78 is 18.2. The summed E-state index contributed by atoms with van der Waals surface area (Å²) in [4.78, 5) is 23.2. The van der Waals surface area contributed by atoms with Gasteiger partial charge < -0.3 is 10.1 Å². The highest BCUT2D eigenvalue weighted by atomic mass is 35.5. The molecular weight excluding hydrogens is 285 g/mol. The maximum absolute atomic E-state index is 13.5. The van der Waals surface area contributed by atoms with Crippen molar-refractivity contribution < 1.29 is 18.7 Å². The third-order valence-corrected chi connectivity index (χ3v) is 3.08. The summed E-state index contributed by atoms with van der Waals surface area (Å²) in [5.74, 6) is -2.11. The van der Waals surface area contributed by atoms with Crippen LogP contribution in [0.4, 0.5) is 4.39 Å². The van der Waals surface area contributed by atoms with Gasteiger partial charge in [-0.2, -0.15) is 0 Å². The van der Waals surface area contributed by atoms with Gasteiger partial charge in [0.15, 0.2) is 6.61 Å². The van der Waals surface area contributed by atoms with Crippen LogP contribution >= 0.6 is 11.6 Å². The average Bonchev–Trinajstić information content (AvgIpc) is 2.35. The highest BCUT2D eigenvalue weighted by molar-refractivity contribution is 6.30. The third-order valence-electron chi connectivity index (χ3n) is 2.85. The highest BCUT2D eigenvalue weighted by Gasteiger charge is 2.20. The minimum absolute atomic E-state index is 0.182. The first-order valence-electron chi connectivity index (χ1n) is 6.18. The average molecular weight is 302 g/mol. The monoisotopic (exact) mass is 301 g/mol. The molecule has 1 amide bonds. The minimum Gasteiger partial charge on any atom is -0.452 e. The zero-order valence-corrected chi connectivity index (χ0v) is 12.4. The van der Waals surface area contributed by atoms with E-state index in [1.54, 1.807) is 0 Å². The third kappa shape index (κ3) is 4.81. The lowest BCUT2D eigenvalue weighted by atomic mass is 10.0. The summed E-state index contributed by atoms with van der Waals surface area (Å²) in [5.41, 5.74) is -0.633. The van der Waals surface area contributed by atoms with Gasteiger partial charge in [0, 0.05) is 10.6 Å². The van der Waals surface area contributed by atoms with Crippen molar-refractivity contribution in [1.29, 1.82) is 0 Å². The Kier molecular flexibility index (Phi) is 5.51. The van der Waals surface area contributed by atoms with Crippen molar-refractivity contribution in [3.63, 3.8) is 0 Å². The molecule has 0 spiro atoms. The van der Waals surface area contributed by atoms with Crippen molar-refractivity contribution in [3.8, 4) is 0 Å². The van der Waals surface area contributed by atoms with Crippen LogP contribution in [0.5, 0.6) is 0 Å². The van der Waals surface area contributed by atoms with Gasteiger partial charge in [0.25, 0.3) is 5.91 Å². The summed E-state index contributed by atoms with van der Waals surface area (Å²) in [7, 11) is 0. The Hall–Kier alpha value is -1.62. The van der Waals surface area contributed by atoms with Crippen LogP contribution in [0, 0.1) is 5.82 Å². The van der Waals surface area contributed by atoms with E-state index < -0.39 is 24.3 Å². The van der Waals surface area contributed by atoms with Crippen LogP contribution in [0.1, 0.15) is 37.6 Å². The number of rotatable bonds is 5. The Bertz CT molecular complexity index is 517. The van der Waals surface area contributed by atoms with Gasteiger partial charge in [-0.15, -0.1) is 0 Å². The molecule has 0 aliphatic carbocycles. The molecule has 0 atom stereocenters. The van der Waals surface area contributed by atoms with Crippen molar-refractivity contribution in [3.05, 3.63) is 34.6 Å². The lowest BCUT2D eigenvalue weighted by Gasteiger charge is -2.24. The van der Waals surface area contributed by atoms with E-state index in [0.29, 0.717) is 0 Å². The Morgan fingerprint density at radius 2 is 2.05 bits per heavy atom. The number of hydrogen-bond donors (Lipinski definition) is 1. The number of esters is 1. The van der Waals surface area contributed by atoms with Crippen molar-refractivity contribution >= 4 is 23.5 Å². The van der Waals surface area contributed by atoms with Gasteiger partial charge in [-0.3, -0.25) is 4.79 Å². The van der Waals surface area contributed by atoms with Crippen LogP contribution in [0.15, 0.2) is 18.2 Å². The van der Waals surface area contributed by atoms with E-state index in [1.807, 2.05) is 20.8 Å². The topological polar surface area (TPSA) is 55.4 Å². The minimum atomic E-state index is -0.899. The molecule has 0 fully saturated rings. The molecule has 6 heteroatoms. The number of halogens is 2. The summed E-state index contributed by atoms with van der Waals surface area (Å²) in [6, 6.07) is 3.60. The molecule has 0 saturated heterocycles. The first kappa shape index (κ1) is 16.4. The van der Waals surface area contributed by atoms with Crippen molar-refractivity contribution in [2.24, 2.45) is 0 Å². The predicted molar refractivity (Wildman–Crippen MR) is 74.2 cm³/mol. The molecule has 1 rings (SSSR count). The molecule has 110 valence electrons. The van der Waals surface area contributed by atoms with Crippen molar-refractivity contribution in [2.45, 2.75) is 32.7 Å². The van der Waals surface area contributed by atoms with Gasteiger partial charge >= 0.3 is 5.97 Å². The summed E-state index contributed by atoms with van der Waals surface area (Å²) in [5, 5.41) is 2.89. The molecule has 0 unspecified atom stereocenters. The second kappa shape index (κ2) is 6.70. The fourth-order valence-corrected chi connectivity index (χ4v) is 1.52. The Morgan fingerprint density at radius 1 is 1.40 bits per heavy atom. The largest absolute Gasteiger partial charge is 0.452 e. The Balaban J connectivity index is 2.57. The Labute approximate surface area is 122 Å². The van der Waals surface area contributed by atoms with Gasteiger partial charge in [-0.25, -0.2) is 9.18 Å². The SMILES string of the molecule is CCC(C)(C)NC(=O)COC(=O)c1ccc(Cl)cc1F. The predicted octanol–water partition coefficient (Wildman–Crippen LogP) is 2.94. The normalized spacial score (nSPS) is 11.1. The van der Waals surface area contributed by atoms with E-state index in [4.69, 9.17) is 16.3 Å². The lowest BCUT2D eigenvalue weighted by Crippen LogP contribution is -2.44. The maximum atomic E-state index is 13.5. The number of nitrogens with one attached hydrogen (secondary N) is 1. The maximum Gasteiger partial charge on any atom is 0.341 e. The van der Waals surface area contributed by atoms with Gasteiger partial charge in [0.1, 0.15) is 5.82 Å². The highest BCUT2D eigenvalue weighted by Crippen LogP contribution is 2.15. The van der Waals surface area contributed by atoms with E-state index in [2.05, 4.69) is 5.32 Å². The van der Waals surface area contributed by atoms with Gasteiger partial charge in [-0.1, -0.05) is 18.5 Å². The standard InChI is InChI=1S/C14H17ClFNO3/c1-4-14(2,3)17-12(18)8-20-13(19)10-6-5-9(15)7-11(10)16/h5-7H,4,8H2,1-3H3,(H,17,18). The molecule has 0 radical (unpaired) electrons. The van der Waals surface area contributed by atoms with E-state index >= 15 is 0 Å². The van der Waals surface area contributed by atoms with Crippen LogP contribution in [0.2, 0.25) is 5.02 Å². The fraction of sp³-hybridized carbons (Fsp3) is 0.429. The second-order valence-electron chi connectivity index (χ2n) is 4.99. The second-order valence-corrected chi connectivity index (χ2v) is 5.42. The smallest absolute Gasteiger partial charge is 0.341 e. The van der Waals surface area contributed by atoms with E-state index in [1.165, 1.54) is 12.1 Å². The van der Waals surface area contributed by atoms with Gasteiger partial charge in [0.05, 0.1) is 5.56 Å². The molecule has 0 heterocycles. The molecule has 1 aromatic carbocycles. The summed E-state index contributed by atoms with van der Waals surface area (Å²) >= 11 is 5.58. The summed E-state index contributed by atoms with van der Waals surface area (Å²) in [6.07, 6.45) is 0.735. The molecule has 0 bridgehead atoms. The molecule has 20 heavy (non-hydrogen) atoms. The number of carbonyl (C=O) groups is 2. The molecule has 1 N–H and O–H groups in total. The first-order chi connectivity index (χ1) is 9.25. The lowest BCUT2D eigenvalue weighted by molar-refractivity contribution is -0.125. The number of amides is 1. The fourth-order valence-electron chi connectivity index (χ4n) is 1.37. The van der Waals surface area contributed by atoms with Crippen LogP contribution in [-0.4, -0.2) is 24.0 Å². The number of ether oxygens (including phenoxy) is 1. The Morgan fingerprint density at radius 3 is 2.60 bits per heavy atom. The van der Waals surface area contributed by atoms with Gasteiger partial charge in [-0.05, 0) is 38.5 Å². The first-order valence-corrected chi connectivity index (χ1v) is 6.56. The van der Waals surface area contributed by atoms with Crippen LogP contribution in [-0.2, 0) is 9.53 Å². The number of hydrogen-bond acceptors (Lipinski definition) is 3. The molecule has 0 saturated carbocycles. The zero-order chi connectivity index (χ0) is 15.3. The van der Waals surface area contributed by atoms with Crippen molar-refractivity contribution in [2.75, 3.05) is 6.61 Å². The molecule has 0 aromatic heterocycles. The van der Waals surface area contributed by atoms with E-state index in [9.17, 15) is 14.0 Å². The van der Waals surface area contributed by atoms with Crippen molar-refractivity contribution in [1.82, 2.24) is 5.32 Å². The van der Waals surface area contributed by atoms with E-state index in [0.717, 1.165) is 12.5 Å². The molecule has 0 aliphatic rings. The quantitative estimate of drug-likeness (QED) is 0.851. The number of carbonyl (C=O) groups excluding carboxylic acids is 2.